The zero-order valence-corrected chi connectivity index (χ0v) is 12.8. The Bertz CT molecular complexity index is 381. The lowest BCUT2D eigenvalue weighted by Gasteiger charge is -2.40. The van der Waals surface area contributed by atoms with Crippen LogP contribution < -0.4 is 0 Å². The summed E-state index contributed by atoms with van der Waals surface area (Å²) in [5.41, 5.74) is 0.284. The second kappa shape index (κ2) is 5.62. The van der Waals surface area contributed by atoms with Crippen LogP contribution in [0.1, 0.15) is 46.5 Å². The van der Waals surface area contributed by atoms with Gasteiger partial charge in [-0.25, -0.2) is 9.59 Å². The molecule has 0 saturated carbocycles. The zero-order valence-electron chi connectivity index (χ0n) is 12.8. The molecule has 5 heteroatoms. The van der Waals surface area contributed by atoms with Gasteiger partial charge in [-0.05, 0) is 37.0 Å². The van der Waals surface area contributed by atoms with Crippen LogP contribution in [0.3, 0.4) is 0 Å². The molecule has 2 amide bonds. The SMILES string of the molecule is CC(C)(C)C1CCN(C(=O)N2CCC[C@H]2C(=O)O)CC1. The Morgan fingerprint density at radius 1 is 1.05 bits per heavy atom. The number of likely N-dealkylation sites (tertiary alicyclic amines) is 2. The number of carbonyl (C=O) groups excluding carboxylic acids is 1. The highest BCUT2D eigenvalue weighted by Gasteiger charge is 2.38. The van der Waals surface area contributed by atoms with Gasteiger partial charge in [-0.3, -0.25) is 0 Å². The largest absolute Gasteiger partial charge is 0.480 e. The molecule has 0 aromatic carbocycles. The first kappa shape index (κ1) is 15.1. The van der Waals surface area contributed by atoms with Crippen molar-refractivity contribution in [2.24, 2.45) is 11.3 Å². The number of hydrogen-bond donors (Lipinski definition) is 1. The van der Waals surface area contributed by atoms with Crippen LogP contribution in [-0.2, 0) is 4.79 Å². The molecular formula is C15H26N2O3. The monoisotopic (exact) mass is 282 g/mol. The second-order valence-corrected chi connectivity index (χ2v) is 7.10. The van der Waals surface area contributed by atoms with Gasteiger partial charge in [0.1, 0.15) is 6.04 Å². The number of urea groups is 1. The van der Waals surface area contributed by atoms with Crippen molar-refractivity contribution in [3.8, 4) is 0 Å². The van der Waals surface area contributed by atoms with E-state index in [4.69, 9.17) is 5.11 Å². The Morgan fingerprint density at radius 2 is 1.65 bits per heavy atom. The molecule has 5 nitrogen and oxygen atoms in total. The minimum Gasteiger partial charge on any atom is -0.480 e. The Morgan fingerprint density at radius 3 is 2.15 bits per heavy atom. The highest BCUT2D eigenvalue weighted by atomic mass is 16.4. The van der Waals surface area contributed by atoms with Crippen molar-refractivity contribution in [1.82, 2.24) is 9.80 Å². The van der Waals surface area contributed by atoms with Crippen LogP contribution in [-0.4, -0.2) is 52.6 Å². The quantitative estimate of drug-likeness (QED) is 0.803. The smallest absolute Gasteiger partial charge is 0.326 e. The van der Waals surface area contributed by atoms with Crippen molar-refractivity contribution in [1.29, 1.82) is 0 Å². The molecule has 0 unspecified atom stereocenters. The van der Waals surface area contributed by atoms with Crippen molar-refractivity contribution in [3.63, 3.8) is 0 Å². The topological polar surface area (TPSA) is 60.9 Å². The molecule has 2 heterocycles. The molecule has 2 aliphatic heterocycles. The fourth-order valence-corrected chi connectivity index (χ4v) is 3.37. The van der Waals surface area contributed by atoms with Gasteiger partial charge in [0.25, 0.3) is 0 Å². The van der Waals surface area contributed by atoms with Crippen molar-refractivity contribution in [2.45, 2.75) is 52.5 Å². The lowest BCUT2D eigenvalue weighted by Crippen LogP contribution is -2.51. The maximum atomic E-state index is 12.5. The van der Waals surface area contributed by atoms with Gasteiger partial charge in [0.15, 0.2) is 0 Å². The highest BCUT2D eigenvalue weighted by molar-refractivity contribution is 5.83. The van der Waals surface area contributed by atoms with Gasteiger partial charge in [0.05, 0.1) is 0 Å². The van der Waals surface area contributed by atoms with Gasteiger partial charge in [-0.1, -0.05) is 20.8 Å². The molecule has 2 saturated heterocycles. The third kappa shape index (κ3) is 3.07. The van der Waals surface area contributed by atoms with Crippen molar-refractivity contribution >= 4 is 12.0 Å². The van der Waals surface area contributed by atoms with E-state index in [0.29, 0.717) is 18.9 Å². The standard InChI is InChI=1S/C15H26N2O3/c1-15(2,3)11-6-9-16(10-7-11)14(20)17-8-4-5-12(17)13(18)19/h11-12H,4-10H2,1-3H3,(H,18,19)/t12-/m0/s1. The number of carboxylic acid groups (broad SMARTS) is 1. The van der Waals surface area contributed by atoms with Gasteiger partial charge in [0.2, 0.25) is 0 Å². The average molecular weight is 282 g/mol. The lowest BCUT2D eigenvalue weighted by atomic mass is 9.75. The van der Waals surface area contributed by atoms with E-state index in [0.717, 1.165) is 32.4 Å². The summed E-state index contributed by atoms with van der Waals surface area (Å²) in [5, 5.41) is 9.17. The molecule has 0 spiro atoms. The number of hydrogen-bond acceptors (Lipinski definition) is 2. The van der Waals surface area contributed by atoms with Gasteiger partial charge in [0, 0.05) is 19.6 Å². The zero-order chi connectivity index (χ0) is 14.9. The van der Waals surface area contributed by atoms with Gasteiger partial charge >= 0.3 is 12.0 Å². The third-order valence-corrected chi connectivity index (χ3v) is 4.77. The molecule has 1 atom stereocenters. The van der Waals surface area contributed by atoms with E-state index in [-0.39, 0.29) is 11.4 Å². The summed E-state index contributed by atoms with van der Waals surface area (Å²) in [6.07, 6.45) is 3.41. The van der Waals surface area contributed by atoms with E-state index in [1.165, 1.54) is 0 Å². The minimum atomic E-state index is -0.875. The number of carboxylic acids is 1. The first-order valence-corrected chi connectivity index (χ1v) is 7.59. The first-order valence-electron chi connectivity index (χ1n) is 7.59. The second-order valence-electron chi connectivity index (χ2n) is 7.10. The molecule has 2 fully saturated rings. The number of nitrogens with zero attached hydrogens (tertiary/aromatic N) is 2. The molecule has 0 radical (unpaired) electrons. The number of rotatable bonds is 1. The maximum Gasteiger partial charge on any atom is 0.326 e. The predicted molar refractivity (Wildman–Crippen MR) is 76.5 cm³/mol. The number of piperidine rings is 1. The molecule has 114 valence electrons. The summed E-state index contributed by atoms with van der Waals surface area (Å²) in [6.45, 7) is 8.82. The van der Waals surface area contributed by atoms with Crippen molar-refractivity contribution in [3.05, 3.63) is 0 Å². The van der Waals surface area contributed by atoms with E-state index in [9.17, 15) is 9.59 Å². The lowest BCUT2D eigenvalue weighted by molar-refractivity contribution is -0.141. The number of aliphatic carboxylic acids is 1. The van der Waals surface area contributed by atoms with Crippen LogP contribution in [0.25, 0.3) is 0 Å². The average Bonchev–Trinajstić information content (AvgIpc) is 2.86. The van der Waals surface area contributed by atoms with Crippen LogP contribution >= 0.6 is 0 Å². The van der Waals surface area contributed by atoms with Crippen LogP contribution in [0.5, 0.6) is 0 Å². The van der Waals surface area contributed by atoms with Gasteiger partial charge in [-0.2, -0.15) is 0 Å². The maximum absolute atomic E-state index is 12.5. The molecule has 2 aliphatic rings. The highest BCUT2D eigenvalue weighted by Crippen LogP contribution is 2.34. The summed E-state index contributed by atoms with van der Waals surface area (Å²) in [4.78, 5) is 27.0. The van der Waals surface area contributed by atoms with Crippen molar-refractivity contribution in [2.75, 3.05) is 19.6 Å². The van der Waals surface area contributed by atoms with Crippen LogP contribution in [0.2, 0.25) is 0 Å². The molecule has 0 bridgehead atoms. The Balaban J connectivity index is 1.93. The van der Waals surface area contributed by atoms with E-state index in [1.807, 2.05) is 4.90 Å². The van der Waals surface area contributed by atoms with Gasteiger partial charge in [-0.15, -0.1) is 0 Å². The Hall–Kier alpha value is -1.26. The molecule has 0 aromatic rings. The summed E-state index contributed by atoms with van der Waals surface area (Å²) in [5.74, 6) is -0.235. The third-order valence-electron chi connectivity index (χ3n) is 4.77. The minimum absolute atomic E-state index is 0.0812. The van der Waals surface area contributed by atoms with Crippen LogP contribution in [0, 0.1) is 11.3 Å². The predicted octanol–water partition coefficient (Wildman–Crippen LogP) is 2.41. The Labute approximate surface area is 120 Å². The van der Waals surface area contributed by atoms with Gasteiger partial charge < -0.3 is 14.9 Å². The summed E-state index contributed by atoms with van der Waals surface area (Å²) in [6, 6.07) is -0.704. The normalized spacial score (nSPS) is 25.1. The Kier molecular flexibility index (Phi) is 4.25. The van der Waals surface area contributed by atoms with Crippen molar-refractivity contribution < 1.29 is 14.7 Å². The number of carbonyl (C=O) groups is 2. The molecule has 0 aliphatic carbocycles. The van der Waals surface area contributed by atoms with E-state index in [1.54, 1.807) is 4.90 Å². The fraction of sp³-hybridized carbons (Fsp3) is 0.867. The van der Waals surface area contributed by atoms with Crippen LogP contribution in [0.15, 0.2) is 0 Å². The summed E-state index contributed by atoms with van der Waals surface area (Å²) < 4.78 is 0. The summed E-state index contributed by atoms with van der Waals surface area (Å²) in [7, 11) is 0. The number of amides is 2. The summed E-state index contributed by atoms with van der Waals surface area (Å²) >= 11 is 0. The van der Waals surface area contributed by atoms with E-state index in [2.05, 4.69) is 20.8 Å². The molecular weight excluding hydrogens is 256 g/mol. The van der Waals surface area contributed by atoms with Crippen LogP contribution in [0.4, 0.5) is 4.79 Å². The molecule has 0 aromatic heterocycles. The molecule has 1 N–H and O–H groups in total. The molecule has 2 rings (SSSR count). The first-order chi connectivity index (χ1) is 9.30. The fourth-order valence-electron chi connectivity index (χ4n) is 3.37. The molecule has 20 heavy (non-hydrogen) atoms. The van der Waals surface area contributed by atoms with E-state index >= 15 is 0 Å². The van der Waals surface area contributed by atoms with E-state index < -0.39 is 12.0 Å².